The highest BCUT2D eigenvalue weighted by molar-refractivity contribution is 5.83. The number of β-amino-alcohol motifs (C(OH)–C–C–N with tert-alkyl or cyclic N) is 1. The van der Waals surface area contributed by atoms with Gasteiger partial charge in [-0.3, -0.25) is 4.79 Å². The first-order chi connectivity index (χ1) is 11.4. The predicted molar refractivity (Wildman–Crippen MR) is 83.3 cm³/mol. The molecule has 0 unspecified atom stereocenters. The van der Waals surface area contributed by atoms with E-state index in [1.54, 1.807) is 0 Å². The van der Waals surface area contributed by atoms with E-state index in [1.165, 1.54) is 18.2 Å². The van der Waals surface area contributed by atoms with Gasteiger partial charge in [0, 0.05) is 24.1 Å². The number of halogens is 2. The molecular formula is C17H22F2N2O3. The second-order valence-corrected chi connectivity index (χ2v) is 6.75. The lowest BCUT2D eigenvalue weighted by atomic mass is 9.78. The van der Waals surface area contributed by atoms with Crippen molar-refractivity contribution < 1.29 is 23.8 Å². The summed E-state index contributed by atoms with van der Waals surface area (Å²) >= 11 is 0. The van der Waals surface area contributed by atoms with Gasteiger partial charge in [-0.25, -0.2) is 8.78 Å². The van der Waals surface area contributed by atoms with Gasteiger partial charge in [0.05, 0.1) is 6.10 Å². The number of hydrogen-bond donors (Lipinski definition) is 4. The Morgan fingerprint density at radius 1 is 1.25 bits per heavy atom. The van der Waals surface area contributed by atoms with Crippen molar-refractivity contribution >= 4 is 5.91 Å². The lowest BCUT2D eigenvalue weighted by Gasteiger charge is -2.31. The van der Waals surface area contributed by atoms with Crippen LogP contribution < -0.4 is 10.6 Å². The second kappa shape index (κ2) is 6.74. The molecule has 0 bridgehead atoms. The van der Waals surface area contributed by atoms with Crippen LogP contribution in [0.25, 0.3) is 0 Å². The van der Waals surface area contributed by atoms with Gasteiger partial charge >= 0.3 is 0 Å². The molecule has 0 spiro atoms. The summed E-state index contributed by atoms with van der Waals surface area (Å²) in [5, 5.41) is 24.8. The van der Waals surface area contributed by atoms with Crippen molar-refractivity contribution in [2.24, 2.45) is 0 Å². The Hall–Kier alpha value is -1.57. The van der Waals surface area contributed by atoms with Gasteiger partial charge in [-0.15, -0.1) is 0 Å². The number of benzene rings is 1. The molecule has 0 aromatic heterocycles. The first kappa shape index (κ1) is 17.3. The van der Waals surface area contributed by atoms with Gasteiger partial charge in [-0.1, -0.05) is 18.9 Å². The predicted octanol–water partition coefficient (Wildman–Crippen LogP) is 0.586. The zero-order chi connectivity index (χ0) is 17.3. The molecule has 1 saturated carbocycles. The van der Waals surface area contributed by atoms with Gasteiger partial charge in [-0.05, 0) is 25.0 Å². The van der Waals surface area contributed by atoms with Gasteiger partial charge in [0.15, 0.2) is 0 Å². The quantitative estimate of drug-likeness (QED) is 0.647. The van der Waals surface area contributed by atoms with Crippen LogP contribution in [0.15, 0.2) is 18.2 Å². The van der Waals surface area contributed by atoms with Crippen molar-refractivity contribution in [2.75, 3.05) is 13.1 Å². The van der Waals surface area contributed by atoms with Crippen molar-refractivity contribution in [3.05, 3.63) is 35.4 Å². The summed E-state index contributed by atoms with van der Waals surface area (Å²) in [4.78, 5) is 12.3. The largest absolute Gasteiger partial charge is 0.389 e. The van der Waals surface area contributed by atoms with Crippen LogP contribution in [0.1, 0.15) is 31.2 Å². The highest BCUT2D eigenvalue weighted by Crippen LogP contribution is 2.42. The molecule has 2 fully saturated rings. The molecule has 1 heterocycles. The molecule has 7 heteroatoms. The monoisotopic (exact) mass is 340 g/mol. The maximum atomic E-state index is 14.2. The number of hydrogen-bond acceptors (Lipinski definition) is 4. The first-order valence-corrected chi connectivity index (χ1v) is 8.26. The minimum absolute atomic E-state index is 0.0303. The molecule has 0 radical (unpaired) electrons. The van der Waals surface area contributed by atoms with E-state index in [1.807, 2.05) is 0 Å². The zero-order valence-corrected chi connectivity index (χ0v) is 13.3. The molecule has 2 aliphatic rings. The minimum Gasteiger partial charge on any atom is -0.389 e. The van der Waals surface area contributed by atoms with Gasteiger partial charge in [-0.2, -0.15) is 0 Å². The minimum atomic E-state index is -1.19. The van der Waals surface area contributed by atoms with Crippen molar-refractivity contribution in [3.63, 3.8) is 0 Å². The Labute approximate surface area is 139 Å². The fourth-order valence-corrected chi connectivity index (χ4v) is 3.90. The first-order valence-electron chi connectivity index (χ1n) is 8.26. The average Bonchev–Trinajstić information content (AvgIpc) is 3.14. The molecule has 1 aliphatic carbocycles. The average molecular weight is 340 g/mol. The summed E-state index contributed by atoms with van der Waals surface area (Å²) in [6.07, 6.45) is 0.683. The Morgan fingerprint density at radius 2 is 1.88 bits per heavy atom. The van der Waals surface area contributed by atoms with E-state index < -0.39 is 41.2 Å². The SMILES string of the molecule is O=C(NCC1(c2c(F)cccc2F)CCCC1)[C@@H]1NC[C@@H](O)[C@H]1O. The van der Waals surface area contributed by atoms with Crippen molar-refractivity contribution in [2.45, 2.75) is 49.3 Å². The van der Waals surface area contributed by atoms with Crippen molar-refractivity contribution in [1.29, 1.82) is 0 Å². The summed E-state index contributed by atoms with van der Waals surface area (Å²) in [6, 6.07) is 2.89. The fraction of sp³-hybridized carbons (Fsp3) is 0.588. The van der Waals surface area contributed by atoms with Crippen LogP contribution in [0, 0.1) is 11.6 Å². The molecule has 132 valence electrons. The molecule has 3 atom stereocenters. The molecule has 3 rings (SSSR count). The molecule has 1 aromatic carbocycles. The van der Waals surface area contributed by atoms with Crippen LogP contribution in [-0.2, 0) is 10.2 Å². The molecular weight excluding hydrogens is 318 g/mol. The molecule has 5 nitrogen and oxygen atoms in total. The summed E-state index contributed by atoms with van der Waals surface area (Å²) in [7, 11) is 0. The van der Waals surface area contributed by atoms with E-state index in [4.69, 9.17) is 0 Å². The number of aliphatic hydroxyl groups is 2. The van der Waals surface area contributed by atoms with Crippen molar-refractivity contribution in [3.8, 4) is 0 Å². The number of carbonyl (C=O) groups is 1. The third-order valence-electron chi connectivity index (χ3n) is 5.22. The smallest absolute Gasteiger partial charge is 0.239 e. The highest BCUT2D eigenvalue weighted by Gasteiger charge is 2.42. The lowest BCUT2D eigenvalue weighted by molar-refractivity contribution is -0.126. The summed E-state index contributed by atoms with van der Waals surface area (Å²) < 4.78 is 28.5. The number of nitrogens with one attached hydrogen (secondary N) is 2. The van der Waals surface area contributed by atoms with Crippen molar-refractivity contribution in [1.82, 2.24) is 10.6 Å². The van der Waals surface area contributed by atoms with Gasteiger partial charge < -0.3 is 20.8 Å². The molecule has 1 aromatic rings. The fourth-order valence-electron chi connectivity index (χ4n) is 3.90. The van der Waals surface area contributed by atoms with E-state index in [0.29, 0.717) is 12.8 Å². The standard InChI is InChI=1S/C17H22F2N2O3/c18-10-4-3-5-11(19)13(10)17(6-1-2-7-17)9-21-16(24)14-15(23)12(22)8-20-14/h3-5,12,14-15,20,22-23H,1-2,6-9H2,(H,21,24)/t12-,14-,15-/m1/s1. The van der Waals surface area contributed by atoms with Crippen LogP contribution in [0.5, 0.6) is 0 Å². The Kier molecular flexibility index (Phi) is 4.85. The second-order valence-electron chi connectivity index (χ2n) is 6.75. The van der Waals surface area contributed by atoms with Crippen LogP contribution in [0.2, 0.25) is 0 Å². The summed E-state index contributed by atoms with van der Waals surface area (Å²) in [6.45, 7) is 0.233. The molecule has 1 saturated heterocycles. The van der Waals surface area contributed by atoms with Gasteiger partial charge in [0.2, 0.25) is 5.91 Å². The maximum Gasteiger partial charge on any atom is 0.239 e. The van der Waals surface area contributed by atoms with E-state index in [0.717, 1.165) is 12.8 Å². The van der Waals surface area contributed by atoms with Gasteiger partial charge in [0.25, 0.3) is 0 Å². The topological polar surface area (TPSA) is 81.6 Å². The normalized spacial score (nSPS) is 28.9. The number of carbonyl (C=O) groups excluding carboxylic acids is 1. The summed E-state index contributed by atoms with van der Waals surface area (Å²) in [5.74, 6) is -1.66. The van der Waals surface area contributed by atoms with E-state index in [2.05, 4.69) is 10.6 Å². The van der Waals surface area contributed by atoms with Crippen LogP contribution in [0.3, 0.4) is 0 Å². The third kappa shape index (κ3) is 3.03. The van der Waals surface area contributed by atoms with E-state index in [-0.39, 0.29) is 18.7 Å². The Balaban J connectivity index is 1.77. The Morgan fingerprint density at radius 3 is 2.42 bits per heavy atom. The lowest BCUT2D eigenvalue weighted by Crippen LogP contribution is -2.50. The van der Waals surface area contributed by atoms with Crippen LogP contribution in [0.4, 0.5) is 8.78 Å². The molecule has 4 N–H and O–H groups in total. The molecule has 1 amide bonds. The van der Waals surface area contributed by atoms with E-state index >= 15 is 0 Å². The van der Waals surface area contributed by atoms with E-state index in [9.17, 15) is 23.8 Å². The zero-order valence-electron chi connectivity index (χ0n) is 13.3. The molecule has 1 aliphatic heterocycles. The number of aliphatic hydroxyl groups excluding tert-OH is 2. The van der Waals surface area contributed by atoms with Gasteiger partial charge in [0.1, 0.15) is 23.8 Å². The van der Waals surface area contributed by atoms with Crippen LogP contribution in [-0.4, -0.2) is 47.5 Å². The summed E-state index contributed by atoms with van der Waals surface area (Å²) in [5.41, 5.74) is -0.740. The number of rotatable bonds is 4. The number of amides is 1. The third-order valence-corrected chi connectivity index (χ3v) is 5.22. The highest BCUT2D eigenvalue weighted by atomic mass is 19.1. The Bertz CT molecular complexity index is 600. The maximum absolute atomic E-state index is 14.2. The molecule has 24 heavy (non-hydrogen) atoms. The van der Waals surface area contributed by atoms with Crippen LogP contribution >= 0.6 is 0 Å².